The van der Waals surface area contributed by atoms with Gasteiger partial charge in [-0.15, -0.1) is 0 Å². The Labute approximate surface area is 251 Å². The van der Waals surface area contributed by atoms with Gasteiger partial charge < -0.3 is 10.2 Å². The third-order valence-corrected chi connectivity index (χ3v) is 8.99. The van der Waals surface area contributed by atoms with Crippen LogP contribution in [-0.2, 0) is 26.2 Å². The van der Waals surface area contributed by atoms with Gasteiger partial charge in [-0.05, 0) is 67.3 Å². The van der Waals surface area contributed by atoms with Crippen LogP contribution < -0.4 is 9.62 Å². The number of carbonyl (C=O) groups excluding carboxylic acids is 2. The highest BCUT2D eigenvalue weighted by Gasteiger charge is 2.33. The van der Waals surface area contributed by atoms with Gasteiger partial charge in [0.2, 0.25) is 11.8 Å². The molecule has 40 heavy (non-hydrogen) atoms. The monoisotopic (exact) mass is 623 g/mol. The van der Waals surface area contributed by atoms with Gasteiger partial charge in [0, 0.05) is 18.1 Å². The average Bonchev–Trinajstić information content (AvgIpc) is 2.92. The highest BCUT2D eigenvalue weighted by atomic mass is 35.5. The summed E-state index contributed by atoms with van der Waals surface area (Å²) in [6.07, 6.45) is 0. The second-order valence-electron chi connectivity index (χ2n) is 9.84. The maximum atomic E-state index is 14.0. The zero-order chi connectivity index (χ0) is 29.6. The van der Waals surface area contributed by atoms with Gasteiger partial charge in [0.15, 0.2) is 0 Å². The van der Waals surface area contributed by atoms with Crippen molar-refractivity contribution >= 4 is 62.3 Å². The first-order valence-corrected chi connectivity index (χ1v) is 15.2. The molecule has 1 unspecified atom stereocenters. The number of nitrogens with zero attached hydrogens (tertiary/aromatic N) is 2. The molecule has 0 heterocycles. The molecule has 1 atom stereocenters. The van der Waals surface area contributed by atoms with Gasteiger partial charge in [0.25, 0.3) is 10.0 Å². The number of benzene rings is 3. The van der Waals surface area contributed by atoms with Gasteiger partial charge in [-0.2, -0.15) is 0 Å². The molecule has 0 aliphatic heterocycles. The van der Waals surface area contributed by atoms with E-state index in [1.165, 1.54) is 23.1 Å². The van der Waals surface area contributed by atoms with Crippen molar-refractivity contribution < 1.29 is 18.0 Å². The molecule has 0 bridgehead atoms. The quantitative estimate of drug-likeness (QED) is 0.270. The Hall–Kier alpha value is -2.78. The van der Waals surface area contributed by atoms with Crippen LogP contribution in [0, 0.1) is 12.8 Å². The molecule has 3 aromatic carbocycles. The fourth-order valence-corrected chi connectivity index (χ4v) is 5.93. The van der Waals surface area contributed by atoms with Gasteiger partial charge in [-0.1, -0.05) is 79.0 Å². The lowest BCUT2D eigenvalue weighted by molar-refractivity contribution is -0.139. The summed E-state index contributed by atoms with van der Waals surface area (Å²) in [7, 11) is -4.19. The van der Waals surface area contributed by atoms with Crippen molar-refractivity contribution in [2.75, 3.05) is 17.4 Å². The van der Waals surface area contributed by atoms with Crippen LogP contribution in [0.1, 0.15) is 31.9 Å². The Morgan fingerprint density at radius 3 is 2.20 bits per heavy atom. The third kappa shape index (κ3) is 7.91. The number of nitrogens with one attached hydrogen (secondary N) is 1. The van der Waals surface area contributed by atoms with E-state index in [1.807, 2.05) is 13.8 Å². The molecule has 0 aromatic heterocycles. The minimum absolute atomic E-state index is 0.000258. The summed E-state index contributed by atoms with van der Waals surface area (Å²) in [5.41, 5.74) is 1.49. The molecule has 0 saturated heterocycles. The van der Waals surface area contributed by atoms with Gasteiger partial charge in [0.1, 0.15) is 12.6 Å². The molecule has 0 spiro atoms. The lowest BCUT2D eigenvalue weighted by atomic mass is 10.1. The predicted octanol–water partition coefficient (Wildman–Crippen LogP) is 6.34. The van der Waals surface area contributed by atoms with Crippen molar-refractivity contribution in [2.45, 2.75) is 45.2 Å². The largest absolute Gasteiger partial charge is 0.354 e. The number of hydrogen-bond acceptors (Lipinski definition) is 4. The Bertz CT molecular complexity index is 1470. The molecule has 3 aromatic rings. The predicted molar refractivity (Wildman–Crippen MR) is 161 cm³/mol. The Morgan fingerprint density at radius 1 is 0.900 bits per heavy atom. The molecule has 0 aliphatic carbocycles. The van der Waals surface area contributed by atoms with Crippen molar-refractivity contribution in [2.24, 2.45) is 5.92 Å². The van der Waals surface area contributed by atoms with Crippen LogP contribution in [0.25, 0.3) is 0 Å². The molecule has 0 radical (unpaired) electrons. The van der Waals surface area contributed by atoms with E-state index in [2.05, 4.69) is 5.32 Å². The van der Waals surface area contributed by atoms with Crippen LogP contribution in [0.2, 0.25) is 15.1 Å². The lowest BCUT2D eigenvalue weighted by Crippen LogP contribution is -2.51. The van der Waals surface area contributed by atoms with Gasteiger partial charge in [-0.25, -0.2) is 8.42 Å². The normalized spacial score (nSPS) is 12.2. The average molecular weight is 625 g/mol. The minimum Gasteiger partial charge on any atom is -0.354 e. The maximum absolute atomic E-state index is 14.0. The molecule has 7 nitrogen and oxygen atoms in total. The van der Waals surface area contributed by atoms with Crippen molar-refractivity contribution in [1.82, 2.24) is 10.2 Å². The summed E-state index contributed by atoms with van der Waals surface area (Å²) in [4.78, 5) is 28.4. The number of sulfonamides is 1. The van der Waals surface area contributed by atoms with Gasteiger partial charge in [-0.3, -0.25) is 13.9 Å². The van der Waals surface area contributed by atoms with Crippen LogP contribution >= 0.6 is 34.8 Å². The molecule has 3 rings (SSSR count). The molecular weight excluding hydrogens is 593 g/mol. The van der Waals surface area contributed by atoms with E-state index in [1.54, 1.807) is 62.4 Å². The molecule has 0 fully saturated rings. The van der Waals surface area contributed by atoms with E-state index in [4.69, 9.17) is 34.8 Å². The Balaban J connectivity index is 2.06. The third-order valence-electron chi connectivity index (χ3n) is 6.24. The number of anilines is 1. The molecular formula is C29H32Cl3N3O4S. The Morgan fingerprint density at radius 2 is 1.57 bits per heavy atom. The van der Waals surface area contributed by atoms with Crippen LogP contribution in [0.3, 0.4) is 0 Å². The number of carbonyl (C=O) groups is 2. The first-order chi connectivity index (χ1) is 18.8. The summed E-state index contributed by atoms with van der Waals surface area (Å²) < 4.78 is 28.8. The Kier molecular flexibility index (Phi) is 10.9. The fourth-order valence-electron chi connectivity index (χ4n) is 3.95. The number of hydrogen-bond donors (Lipinski definition) is 1. The summed E-state index contributed by atoms with van der Waals surface area (Å²) in [5.74, 6) is -0.747. The van der Waals surface area contributed by atoms with Crippen molar-refractivity contribution in [3.05, 3.63) is 92.9 Å². The van der Waals surface area contributed by atoms with E-state index >= 15 is 0 Å². The minimum atomic E-state index is -4.19. The van der Waals surface area contributed by atoms with Crippen LogP contribution in [0.4, 0.5) is 5.69 Å². The smallest absolute Gasteiger partial charge is 0.264 e. The van der Waals surface area contributed by atoms with Crippen LogP contribution in [-0.4, -0.2) is 44.3 Å². The lowest BCUT2D eigenvalue weighted by Gasteiger charge is -2.32. The zero-order valence-electron chi connectivity index (χ0n) is 22.7. The van der Waals surface area contributed by atoms with Gasteiger partial charge in [0.05, 0.1) is 20.6 Å². The van der Waals surface area contributed by atoms with Crippen LogP contribution in [0.15, 0.2) is 71.6 Å². The van der Waals surface area contributed by atoms with Crippen molar-refractivity contribution in [1.29, 1.82) is 0 Å². The topological polar surface area (TPSA) is 86.8 Å². The van der Waals surface area contributed by atoms with E-state index in [0.29, 0.717) is 32.7 Å². The van der Waals surface area contributed by atoms with Crippen molar-refractivity contribution in [3.8, 4) is 0 Å². The number of rotatable bonds is 11. The standard InChI is InChI=1S/C29H32Cl3N3O4S/c1-19(2)16-33-29(37)21(4)34(17-22-11-13-25(31)26(32)14-22)28(36)18-35(27-15-23(30)12-10-20(27)3)40(38,39)24-8-6-5-7-9-24/h5-15,19,21H,16-18H2,1-4H3,(H,33,37). The second kappa shape index (κ2) is 13.7. The summed E-state index contributed by atoms with van der Waals surface area (Å²) in [6.45, 7) is 7.12. The SMILES string of the molecule is Cc1ccc(Cl)cc1N(CC(=O)N(Cc1ccc(Cl)c(Cl)c1)C(C)C(=O)NCC(C)C)S(=O)(=O)c1ccccc1. The first-order valence-electron chi connectivity index (χ1n) is 12.7. The van der Waals surface area contributed by atoms with E-state index in [9.17, 15) is 18.0 Å². The molecule has 2 amide bonds. The van der Waals surface area contributed by atoms with E-state index in [0.717, 1.165) is 4.31 Å². The first kappa shape index (κ1) is 31.7. The van der Waals surface area contributed by atoms with E-state index in [-0.39, 0.29) is 29.0 Å². The molecule has 214 valence electrons. The number of amides is 2. The molecule has 1 N–H and O–H groups in total. The highest BCUT2D eigenvalue weighted by molar-refractivity contribution is 7.92. The molecule has 0 saturated carbocycles. The summed E-state index contributed by atoms with van der Waals surface area (Å²) in [6, 6.07) is 16.7. The molecule has 11 heteroatoms. The molecule has 0 aliphatic rings. The number of halogens is 3. The second-order valence-corrected chi connectivity index (χ2v) is 13.0. The number of aryl methyl sites for hydroxylation is 1. The summed E-state index contributed by atoms with van der Waals surface area (Å²) >= 11 is 18.5. The van der Waals surface area contributed by atoms with Crippen molar-refractivity contribution in [3.63, 3.8) is 0 Å². The summed E-state index contributed by atoms with van der Waals surface area (Å²) in [5, 5.41) is 3.81. The maximum Gasteiger partial charge on any atom is 0.264 e. The fraction of sp³-hybridized carbons (Fsp3) is 0.310. The van der Waals surface area contributed by atoms with Gasteiger partial charge >= 0.3 is 0 Å². The zero-order valence-corrected chi connectivity index (χ0v) is 25.8. The highest BCUT2D eigenvalue weighted by Crippen LogP contribution is 2.30. The van der Waals surface area contributed by atoms with E-state index < -0.39 is 28.5 Å². The van der Waals surface area contributed by atoms with Crippen LogP contribution in [0.5, 0.6) is 0 Å².